The van der Waals surface area contributed by atoms with Crippen LogP contribution in [0.4, 0.5) is 5.69 Å². The van der Waals surface area contributed by atoms with Crippen LogP contribution in [0.15, 0.2) is 12.4 Å². The summed E-state index contributed by atoms with van der Waals surface area (Å²) in [5.41, 5.74) is 0.143. The summed E-state index contributed by atoms with van der Waals surface area (Å²) in [6.45, 7) is 5.59. The highest BCUT2D eigenvalue weighted by Gasteiger charge is 2.38. The van der Waals surface area contributed by atoms with Crippen LogP contribution in [0.25, 0.3) is 0 Å². The zero-order valence-electron chi connectivity index (χ0n) is 11.3. The number of rotatable bonds is 2. The SMILES string of the molecule is CC(C)(C)C(=O)N1CSC[C@@H]1C(=O)Nc1cn[nH]c1. The third-order valence-corrected chi connectivity index (χ3v) is 3.87. The third kappa shape index (κ3) is 3.09. The summed E-state index contributed by atoms with van der Waals surface area (Å²) in [6.07, 6.45) is 3.14. The molecule has 0 saturated carbocycles. The summed E-state index contributed by atoms with van der Waals surface area (Å²) < 4.78 is 0. The first-order chi connectivity index (χ1) is 8.89. The summed E-state index contributed by atoms with van der Waals surface area (Å²) in [5.74, 6) is 1.04. The van der Waals surface area contributed by atoms with Crippen molar-refractivity contribution in [1.29, 1.82) is 0 Å². The van der Waals surface area contributed by atoms with Gasteiger partial charge in [-0.05, 0) is 0 Å². The highest BCUT2D eigenvalue weighted by atomic mass is 32.2. The second kappa shape index (κ2) is 5.24. The number of nitrogens with zero attached hydrogens (tertiary/aromatic N) is 2. The molecular formula is C12H18N4O2S. The summed E-state index contributed by atoms with van der Waals surface area (Å²) in [5, 5.41) is 9.16. The Labute approximate surface area is 116 Å². The number of aromatic amines is 1. The fraction of sp³-hybridized carbons (Fsp3) is 0.583. The molecular weight excluding hydrogens is 264 g/mol. The standard InChI is InChI=1S/C12H18N4O2S/c1-12(2,3)11(18)16-7-19-6-9(16)10(17)15-8-4-13-14-5-8/h4-5,9H,6-7H2,1-3H3,(H,13,14)(H,15,17)/t9-/m1/s1. The third-order valence-electron chi connectivity index (χ3n) is 2.85. The van der Waals surface area contributed by atoms with Gasteiger partial charge in [-0.1, -0.05) is 20.8 Å². The van der Waals surface area contributed by atoms with Crippen molar-refractivity contribution in [3.8, 4) is 0 Å². The molecule has 1 saturated heterocycles. The van der Waals surface area contributed by atoms with Gasteiger partial charge in [-0.15, -0.1) is 11.8 Å². The van der Waals surface area contributed by atoms with Gasteiger partial charge in [0.25, 0.3) is 0 Å². The van der Waals surface area contributed by atoms with Gasteiger partial charge in [-0.2, -0.15) is 5.10 Å². The van der Waals surface area contributed by atoms with Crippen molar-refractivity contribution in [3.63, 3.8) is 0 Å². The first kappa shape index (κ1) is 13.9. The highest BCUT2D eigenvalue weighted by Crippen LogP contribution is 2.27. The topological polar surface area (TPSA) is 78.1 Å². The second-order valence-corrected chi connectivity index (χ2v) is 6.52. The van der Waals surface area contributed by atoms with E-state index in [-0.39, 0.29) is 11.8 Å². The van der Waals surface area contributed by atoms with Crippen LogP contribution in [0, 0.1) is 5.41 Å². The van der Waals surface area contributed by atoms with E-state index in [4.69, 9.17) is 0 Å². The molecule has 0 bridgehead atoms. The van der Waals surface area contributed by atoms with Crippen LogP contribution in [-0.4, -0.2) is 44.6 Å². The Kier molecular flexibility index (Phi) is 3.84. The molecule has 104 valence electrons. The number of carbonyl (C=O) groups excluding carboxylic acids is 2. The lowest BCUT2D eigenvalue weighted by atomic mass is 9.94. The molecule has 0 unspecified atom stereocenters. The highest BCUT2D eigenvalue weighted by molar-refractivity contribution is 7.99. The lowest BCUT2D eigenvalue weighted by Crippen LogP contribution is -2.48. The molecule has 6 nitrogen and oxygen atoms in total. The molecule has 2 rings (SSSR count). The Hall–Kier alpha value is -1.50. The number of carbonyl (C=O) groups is 2. The Bertz CT molecular complexity index is 467. The molecule has 19 heavy (non-hydrogen) atoms. The van der Waals surface area contributed by atoms with Crippen molar-refractivity contribution >= 4 is 29.3 Å². The van der Waals surface area contributed by atoms with Gasteiger partial charge in [0.15, 0.2) is 0 Å². The van der Waals surface area contributed by atoms with Crippen LogP contribution in [0.2, 0.25) is 0 Å². The molecule has 0 spiro atoms. The molecule has 1 aliphatic rings. The van der Waals surface area contributed by atoms with Crippen molar-refractivity contribution < 1.29 is 9.59 Å². The molecule has 2 heterocycles. The van der Waals surface area contributed by atoms with Crippen LogP contribution in [-0.2, 0) is 9.59 Å². The molecule has 1 aromatic rings. The predicted octanol–water partition coefficient (Wildman–Crippen LogP) is 1.30. The van der Waals surface area contributed by atoms with Crippen molar-refractivity contribution in [2.24, 2.45) is 5.41 Å². The Balaban J connectivity index is 2.06. The summed E-state index contributed by atoms with van der Waals surface area (Å²) in [7, 11) is 0. The van der Waals surface area contributed by atoms with Crippen molar-refractivity contribution in [3.05, 3.63) is 12.4 Å². The van der Waals surface area contributed by atoms with Crippen molar-refractivity contribution in [2.45, 2.75) is 26.8 Å². The molecule has 1 fully saturated rings. The maximum atomic E-state index is 12.3. The van der Waals surface area contributed by atoms with E-state index in [0.717, 1.165) is 0 Å². The zero-order valence-corrected chi connectivity index (χ0v) is 12.1. The number of nitrogens with one attached hydrogen (secondary N) is 2. The summed E-state index contributed by atoms with van der Waals surface area (Å²) in [4.78, 5) is 26.1. The summed E-state index contributed by atoms with van der Waals surface area (Å²) in [6, 6.07) is -0.411. The van der Waals surface area contributed by atoms with Gasteiger partial charge in [0.05, 0.1) is 17.8 Å². The number of hydrogen-bond donors (Lipinski definition) is 2. The number of aromatic nitrogens is 2. The minimum atomic E-state index is -0.473. The molecule has 2 N–H and O–H groups in total. The number of H-pyrrole nitrogens is 1. The van der Waals surface area contributed by atoms with E-state index < -0.39 is 11.5 Å². The number of hydrogen-bond acceptors (Lipinski definition) is 4. The van der Waals surface area contributed by atoms with Crippen LogP contribution < -0.4 is 5.32 Å². The molecule has 1 aromatic heterocycles. The second-order valence-electron chi connectivity index (χ2n) is 5.52. The maximum Gasteiger partial charge on any atom is 0.248 e. The van der Waals surface area contributed by atoms with Crippen LogP contribution in [0.3, 0.4) is 0 Å². The van der Waals surface area contributed by atoms with Crippen LogP contribution in [0.5, 0.6) is 0 Å². The van der Waals surface area contributed by atoms with E-state index >= 15 is 0 Å². The van der Waals surface area contributed by atoms with Gasteiger partial charge >= 0.3 is 0 Å². The average Bonchev–Trinajstić information content (AvgIpc) is 2.96. The Morgan fingerprint density at radius 3 is 2.84 bits per heavy atom. The van der Waals surface area contributed by atoms with Crippen molar-refractivity contribution in [1.82, 2.24) is 15.1 Å². The average molecular weight is 282 g/mol. The molecule has 2 amide bonds. The molecule has 0 aromatic carbocycles. The molecule has 0 aliphatic carbocycles. The first-order valence-corrected chi connectivity index (χ1v) is 7.23. The molecule has 0 radical (unpaired) electrons. The molecule has 1 atom stereocenters. The lowest BCUT2D eigenvalue weighted by molar-refractivity contribution is -0.143. The quantitative estimate of drug-likeness (QED) is 0.857. The summed E-state index contributed by atoms with van der Waals surface area (Å²) >= 11 is 1.60. The van der Waals surface area contributed by atoms with E-state index in [9.17, 15) is 9.59 Å². The van der Waals surface area contributed by atoms with Gasteiger partial charge in [0, 0.05) is 17.4 Å². The number of amides is 2. The van der Waals surface area contributed by atoms with Crippen LogP contribution >= 0.6 is 11.8 Å². The normalized spacial score (nSPS) is 19.5. The van der Waals surface area contributed by atoms with Gasteiger partial charge in [-0.3, -0.25) is 14.7 Å². The van der Waals surface area contributed by atoms with E-state index in [0.29, 0.717) is 17.3 Å². The first-order valence-electron chi connectivity index (χ1n) is 6.08. The zero-order chi connectivity index (χ0) is 14.0. The minimum absolute atomic E-state index is 0.00448. The number of thioether (sulfide) groups is 1. The number of anilines is 1. The maximum absolute atomic E-state index is 12.3. The van der Waals surface area contributed by atoms with E-state index in [1.165, 1.54) is 6.20 Å². The fourth-order valence-electron chi connectivity index (χ4n) is 1.84. The van der Waals surface area contributed by atoms with Gasteiger partial charge < -0.3 is 10.2 Å². The van der Waals surface area contributed by atoms with E-state index in [2.05, 4.69) is 15.5 Å². The Morgan fingerprint density at radius 1 is 1.53 bits per heavy atom. The molecule has 7 heteroatoms. The minimum Gasteiger partial charge on any atom is -0.322 e. The van der Waals surface area contributed by atoms with E-state index in [1.54, 1.807) is 22.9 Å². The van der Waals surface area contributed by atoms with E-state index in [1.807, 2.05) is 20.8 Å². The van der Waals surface area contributed by atoms with Crippen LogP contribution in [0.1, 0.15) is 20.8 Å². The molecule has 1 aliphatic heterocycles. The fourth-order valence-corrected chi connectivity index (χ4v) is 2.99. The van der Waals surface area contributed by atoms with Gasteiger partial charge in [0.1, 0.15) is 6.04 Å². The monoisotopic (exact) mass is 282 g/mol. The smallest absolute Gasteiger partial charge is 0.248 e. The van der Waals surface area contributed by atoms with Gasteiger partial charge in [0.2, 0.25) is 11.8 Å². The Morgan fingerprint density at radius 2 is 2.26 bits per heavy atom. The lowest BCUT2D eigenvalue weighted by Gasteiger charge is -2.29. The predicted molar refractivity (Wildman–Crippen MR) is 74.6 cm³/mol. The van der Waals surface area contributed by atoms with Crippen molar-refractivity contribution in [2.75, 3.05) is 16.9 Å². The largest absolute Gasteiger partial charge is 0.322 e. The van der Waals surface area contributed by atoms with Gasteiger partial charge in [-0.25, -0.2) is 0 Å².